The van der Waals surface area contributed by atoms with Gasteiger partial charge in [0, 0.05) is 42.3 Å². The predicted molar refractivity (Wildman–Crippen MR) is 263 cm³/mol. The number of benzene rings is 9. The Kier molecular flexibility index (Phi) is 8.41. The van der Waals surface area contributed by atoms with Gasteiger partial charge < -0.3 is 0 Å². The van der Waals surface area contributed by atoms with Gasteiger partial charge in [0.05, 0.1) is 11.4 Å². The first kappa shape index (κ1) is 36.4. The number of hydrogen-bond acceptors (Lipinski definition) is 3. The Morgan fingerprint density at radius 1 is 0.355 bits per heavy atom. The Hall–Kier alpha value is -7.46. The molecule has 0 radical (unpaired) electrons. The van der Waals surface area contributed by atoms with Crippen molar-refractivity contribution < 1.29 is 0 Å². The van der Waals surface area contributed by atoms with Crippen molar-refractivity contribution in [3.05, 3.63) is 217 Å². The monoisotopic (exact) mass is 808 g/mol. The normalized spacial score (nSPS) is 12.8. The minimum Gasteiger partial charge on any atom is -0.228 e. The summed E-state index contributed by atoms with van der Waals surface area (Å²) < 4.78 is 2.64. The van der Waals surface area contributed by atoms with E-state index >= 15 is 0 Å². The highest BCUT2D eigenvalue weighted by molar-refractivity contribution is 7.25. The smallest absolute Gasteiger partial charge is 0.160 e. The summed E-state index contributed by atoms with van der Waals surface area (Å²) in [7, 11) is 0. The first-order valence-corrected chi connectivity index (χ1v) is 22.1. The van der Waals surface area contributed by atoms with Crippen molar-refractivity contribution in [3.8, 4) is 78.4 Å². The summed E-state index contributed by atoms with van der Waals surface area (Å²) in [6, 6.07) is 74.9. The van der Waals surface area contributed by atoms with Gasteiger partial charge >= 0.3 is 0 Å². The third-order valence-electron chi connectivity index (χ3n) is 12.9. The van der Waals surface area contributed by atoms with Crippen molar-refractivity contribution in [1.29, 1.82) is 0 Å². The standard InChI is InChI=1S/C59H40N2S/c1-59(2)51-24-13-23-46(57(51)50-34-40-16-6-7-17-41(40)35-52(50)59)43-18-12-19-44(32-43)53-36-54(61-58(60-53)39-14-4-3-5-15-39)47-21-9-8-20-45(47)38-28-26-37(27-29-38)42-30-31-56-49(33-42)48-22-10-11-25-55(48)62-56/h3-36H,1-2H3. The zero-order valence-corrected chi connectivity index (χ0v) is 35.2. The summed E-state index contributed by atoms with van der Waals surface area (Å²) in [5.41, 5.74) is 17.2. The molecule has 62 heavy (non-hydrogen) atoms. The second kappa shape index (κ2) is 14.3. The lowest BCUT2D eigenvalue weighted by atomic mass is 9.81. The molecule has 0 unspecified atom stereocenters. The van der Waals surface area contributed by atoms with Crippen molar-refractivity contribution in [3.63, 3.8) is 0 Å². The lowest BCUT2D eigenvalue weighted by Gasteiger charge is -2.22. The molecule has 2 nitrogen and oxygen atoms in total. The zero-order valence-electron chi connectivity index (χ0n) is 34.4. The fourth-order valence-electron chi connectivity index (χ4n) is 9.71. The molecule has 1 aliphatic carbocycles. The Morgan fingerprint density at radius 2 is 0.984 bits per heavy atom. The lowest BCUT2D eigenvalue weighted by molar-refractivity contribution is 0.661. The van der Waals surface area contributed by atoms with E-state index in [9.17, 15) is 0 Å². The highest BCUT2D eigenvalue weighted by Crippen LogP contribution is 2.53. The van der Waals surface area contributed by atoms with Gasteiger partial charge in [0.2, 0.25) is 0 Å². The molecule has 0 aliphatic heterocycles. The molecular weight excluding hydrogens is 769 g/mol. The Balaban J connectivity index is 0.955. The average Bonchev–Trinajstić information content (AvgIpc) is 3.82. The Morgan fingerprint density at radius 3 is 1.84 bits per heavy atom. The molecule has 11 aromatic rings. The van der Waals surface area contributed by atoms with Gasteiger partial charge in [-0.05, 0) is 109 Å². The molecule has 2 heterocycles. The average molecular weight is 809 g/mol. The molecule has 0 N–H and O–H groups in total. The highest BCUT2D eigenvalue weighted by Gasteiger charge is 2.37. The number of nitrogens with zero attached hydrogens (tertiary/aromatic N) is 2. The van der Waals surface area contributed by atoms with Crippen LogP contribution in [0.4, 0.5) is 0 Å². The third-order valence-corrected chi connectivity index (χ3v) is 14.1. The fraction of sp³-hybridized carbons (Fsp3) is 0.0508. The van der Waals surface area contributed by atoms with E-state index in [1.807, 2.05) is 17.4 Å². The Labute approximate surface area is 365 Å². The van der Waals surface area contributed by atoms with E-state index < -0.39 is 0 Å². The molecule has 0 saturated carbocycles. The molecule has 0 spiro atoms. The quantitative estimate of drug-likeness (QED) is 0.167. The minimum absolute atomic E-state index is 0.115. The first-order chi connectivity index (χ1) is 30.5. The van der Waals surface area contributed by atoms with E-state index in [1.54, 1.807) is 0 Å². The third kappa shape index (κ3) is 6.00. The lowest BCUT2D eigenvalue weighted by Crippen LogP contribution is -2.14. The van der Waals surface area contributed by atoms with Gasteiger partial charge in [-0.15, -0.1) is 11.3 Å². The number of thiophene rings is 1. The summed E-state index contributed by atoms with van der Waals surface area (Å²) in [5.74, 6) is 0.702. The molecule has 0 amide bonds. The van der Waals surface area contributed by atoms with Crippen LogP contribution in [0.1, 0.15) is 25.0 Å². The topological polar surface area (TPSA) is 25.8 Å². The van der Waals surface area contributed by atoms with Crippen molar-refractivity contribution in [1.82, 2.24) is 9.97 Å². The van der Waals surface area contributed by atoms with Crippen LogP contribution in [-0.4, -0.2) is 9.97 Å². The zero-order chi connectivity index (χ0) is 41.4. The second-order valence-electron chi connectivity index (χ2n) is 16.9. The van der Waals surface area contributed by atoms with Crippen LogP contribution in [0.2, 0.25) is 0 Å². The SMILES string of the molecule is CC1(C)c2cc3ccccc3cc2-c2c(-c3cccc(-c4cc(-c5ccccc5-c5ccc(-c6ccc7sc8ccccc8c7c6)cc5)nc(-c5ccccc5)n4)c3)cccc21. The molecule has 0 bridgehead atoms. The molecule has 2 aromatic heterocycles. The van der Waals surface area contributed by atoms with E-state index in [4.69, 9.17) is 9.97 Å². The highest BCUT2D eigenvalue weighted by atomic mass is 32.1. The van der Waals surface area contributed by atoms with E-state index in [0.29, 0.717) is 5.82 Å². The summed E-state index contributed by atoms with van der Waals surface area (Å²) in [6.45, 7) is 4.72. The summed E-state index contributed by atoms with van der Waals surface area (Å²) >= 11 is 1.85. The van der Waals surface area contributed by atoms with Crippen molar-refractivity contribution in [2.45, 2.75) is 19.3 Å². The molecule has 3 heteroatoms. The van der Waals surface area contributed by atoms with Crippen LogP contribution in [0.3, 0.4) is 0 Å². The molecule has 0 atom stereocenters. The van der Waals surface area contributed by atoms with Gasteiger partial charge in [-0.25, -0.2) is 9.97 Å². The van der Waals surface area contributed by atoms with Crippen molar-refractivity contribution in [2.24, 2.45) is 0 Å². The van der Waals surface area contributed by atoms with Crippen LogP contribution in [0, 0.1) is 0 Å². The van der Waals surface area contributed by atoms with E-state index in [0.717, 1.165) is 39.2 Å². The van der Waals surface area contributed by atoms with Gasteiger partial charge in [-0.2, -0.15) is 0 Å². The largest absolute Gasteiger partial charge is 0.228 e. The van der Waals surface area contributed by atoms with Crippen LogP contribution >= 0.6 is 11.3 Å². The molecule has 0 fully saturated rings. The molecular formula is C59H40N2S. The maximum absolute atomic E-state index is 5.28. The van der Waals surface area contributed by atoms with E-state index in [2.05, 4.69) is 214 Å². The number of aromatic nitrogens is 2. The van der Waals surface area contributed by atoms with Crippen LogP contribution in [-0.2, 0) is 5.41 Å². The Bertz CT molecular complexity index is 3540. The van der Waals surface area contributed by atoms with Crippen molar-refractivity contribution in [2.75, 3.05) is 0 Å². The second-order valence-corrected chi connectivity index (χ2v) is 18.0. The van der Waals surface area contributed by atoms with Crippen LogP contribution in [0.15, 0.2) is 206 Å². The van der Waals surface area contributed by atoms with Crippen LogP contribution in [0.5, 0.6) is 0 Å². The predicted octanol–water partition coefficient (Wildman–Crippen LogP) is 16.3. The molecule has 1 aliphatic rings. The summed E-state index contributed by atoms with van der Waals surface area (Å²) in [4.78, 5) is 10.6. The first-order valence-electron chi connectivity index (χ1n) is 21.3. The molecule has 292 valence electrons. The number of hydrogen-bond donors (Lipinski definition) is 0. The molecule has 12 rings (SSSR count). The number of rotatable bonds is 6. The van der Waals surface area contributed by atoms with Crippen molar-refractivity contribution >= 4 is 42.3 Å². The summed E-state index contributed by atoms with van der Waals surface area (Å²) in [6.07, 6.45) is 0. The number of fused-ring (bicyclic) bond motifs is 7. The summed E-state index contributed by atoms with van der Waals surface area (Å²) in [5, 5.41) is 5.18. The van der Waals surface area contributed by atoms with Crippen LogP contribution in [0.25, 0.3) is 109 Å². The molecule has 0 saturated heterocycles. The fourth-order valence-corrected chi connectivity index (χ4v) is 10.8. The van der Waals surface area contributed by atoms with E-state index in [-0.39, 0.29) is 5.41 Å². The minimum atomic E-state index is -0.115. The molecule has 9 aromatic carbocycles. The van der Waals surface area contributed by atoms with Crippen LogP contribution < -0.4 is 0 Å². The van der Waals surface area contributed by atoms with Gasteiger partial charge in [0.25, 0.3) is 0 Å². The maximum atomic E-state index is 5.28. The van der Waals surface area contributed by atoms with Gasteiger partial charge in [-0.1, -0.05) is 178 Å². The van der Waals surface area contributed by atoms with E-state index in [1.165, 1.54) is 75.5 Å². The van der Waals surface area contributed by atoms with Gasteiger partial charge in [0.1, 0.15) is 0 Å². The van der Waals surface area contributed by atoms with Gasteiger partial charge in [0.15, 0.2) is 5.82 Å². The maximum Gasteiger partial charge on any atom is 0.160 e. The van der Waals surface area contributed by atoms with Gasteiger partial charge in [-0.3, -0.25) is 0 Å².